The van der Waals surface area contributed by atoms with Gasteiger partial charge >= 0.3 is 6.03 Å². The fourth-order valence-electron chi connectivity index (χ4n) is 0.809. The van der Waals surface area contributed by atoms with Crippen molar-refractivity contribution in [3.05, 3.63) is 0 Å². The summed E-state index contributed by atoms with van der Waals surface area (Å²) in [5.74, 6) is 0. The van der Waals surface area contributed by atoms with E-state index in [1.807, 2.05) is 0 Å². The van der Waals surface area contributed by atoms with E-state index in [1.54, 1.807) is 6.92 Å². The minimum atomic E-state index is -1.05. The van der Waals surface area contributed by atoms with Gasteiger partial charge in [-0.1, -0.05) is 0 Å². The van der Waals surface area contributed by atoms with E-state index in [9.17, 15) is 4.79 Å². The van der Waals surface area contributed by atoms with Gasteiger partial charge in [-0.05, 0) is 6.92 Å². The quantitative estimate of drug-likeness (QED) is 0.356. The van der Waals surface area contributed by atoms with Crippen molar-refractivity contribution < 1.29 is 20.1 Å². The first-order valence-corrected chi connectivity index (χ1v) is 4.48. The van der Waals surface area contributed by atoms with Crippen LogP contribution >= 0.6 is 0 Å². The summed E-state index contributed by atoms with van der Waals surface area (Å²) in [6.07, 6.45) is 0. The Kier molecular flexibility index (Phi) is 6.18. The number of carbonyl (C=O) groups is 1. The lowest BCUT2D eigenvalue weighted by molar-refractivity contribution is 0.00841. The number of urea groups is 1. The second-order valence-electron chi connectivity index (χ2n) is 3.19. The average molecular weight is 206 g/mol. The summed E-state index contributed by atoms with van der Waals surface area (Å²) in [5, 5.41) is 31.7. The maximum Gasteiger partial charge on any atom is 0.314 e. The third-order valence-corrected chi connectivity index (χ3v) is 1.97. The molecule has 0 saturated heterocycles. The summed E-state index contributed by atoms with van der Waals surface area (Å²) in [6.45, 7) is 1.15. The fourth-order valence-corrected chi connectivity index (χ4v) is 0.809. The van der Waals surface area contributed by atoms with Gasteiger partial charge in [-0.15, -0.1) is 0 Å². The predicted octanol–water partition coefficient (Wildman–Crippen LogP) is -1.73. The van der Waals surface area contributed by atoms with Crippen LogP contribution < -0.4 is 10.6 Å². The summed E-state index contributed by atoms with van der Waals surface area (Å²) in [4.78, 5) is 11.0. The normalized spacial score (nSPS) is 11.1. The van der Waals surface area contributed by atoms with Gasteiger partial charge < -0.3 is 26.0 Å². The fraction of sp³-hybridized carbons (Fsp3) is 0.875. The summed E-state index contributed by atoms with van der Waals surface area (Å²) in [7, 11) is 0. The van der Waals surface area contributed by atoms with Gasteiger partial charge in [0.2, 0.25) is 0 Å². The summed E-state index contributed by atoms with van der Waals surface area (Å²) in [5.41, 5.74) is -1.05. The monoisotopic (exact) mass is 206 g/mol. The molecule has 84 valence electrons. The first-order valence-electron chi connectivity index (χ1n) is 4.48. The standard InChI is InChI=1S/C8H18N2O4/c1-2-9-7(14)10-3-8(4-11,5-12)6-13/h11-13H,2-6H2,1H3,(H2,9,10,14). The SMILES string of the molecule is CCNC(=O)NCC(CO)(CO)CO. The summed E-state index contributed by atoms with van der Waals surface area (Å²) >= 11 is 0. The van der Waals surface area contributed by atoms with Crippen LogP contribution in [0, 0.1) is 5.41 Å². The van der Waals surface area contributed by atoms with E-state index in [2.05, 4.69) is 10.6 Å². The molecule has 6 nitrogen and oxygen atoms in total. The van der Waals surface area contributed by atoms with Gasteiger partial charge in [0.25, 0.3) is 0 Å². The molecule has 14 heavy (non-hydrogen) atoms. The summed E-state index contributed by atoms with van der Waals surface area (Å²) < 4.78 is 0. The van der Waals surface area contributed by atoms with Crippen molar-refractivity contribution >= 4 is 6.03 Å². The minimum absolute atomic E-state index is 0.0301. The Morgan fingerprint density at radius 1 is 1.14 bits per heavy atom. The van der Waals surface area contributed by atoms with Crippen molar-refractivity contribution in [1.82, 2.24) is 10.6 Å². The van der Waals surface area contributed by atoms with Crippen LogP contribution in [-0.4, -0.2) is 54.3 Å². The Balaban J connectivity index is 3.99. The van der Waals surface area contributed by atoms with Crippen molar-refractivity contribution in [3.63, 3.8) is 0 Å². The largest absolute Gasteiger partial charge is 0.396 e. The smallest absolute Gasteiger partial charge is 0.314 e. The second-order valence-corrected chi connectivity index (χ2v) is 3.19. The third-order valence-electron chi connectivity index (χ3n) is 1.97. The molecule has 0 bridgehead atoms. The van der Waals surface area contributed by atoms with Gasteiger partial charge in [-0.2, -0.15) is 0 Å². The third kappa shape index (κ3) is 3.91. The molecule has 0 aliphatic rings. The molecule has 5 N–H and O–H groups in total. The average Bonchev–Trinajstić information content (AvgIpc) is 2.21. The van der Waals surface area contributed by atoms with Crippen LogP contribution in [0.3, 0.4) is 0 Å². The number of amides is 2. The van der Waals surface area contributed by atoms with E-state index in [-0.39, 0.29) is 32.4 Å². The van der Waals surface area contributed by atoms with E-state index < -0.39 is 5.41 Å². The number of hydrogen-bond donors (Lipinski definition) is 5. The summed E-state index contributed by atoms with van der Waals surface area (Å²) in [6, 6.07) is -0.382. The lowest BCUT2D eigenvalue weighted by atomic mass is 9.91. The van der Waals surface area contributed by atoms with Crippen LogP contribution in [-0.2, 0) is 0 Å². The van der Waals surface area contributed by atoms with Crippen LogP contribution in [0.25, 0.3) is 0 Å². The molecule has 0 aromatic carbocycles. The Morgan fingerprint density at radius 3 is 2.00 bits per heavy atom. The van der Waals surface area contributed by atoms with Crippen LogP contribution in [0.1, 0.15) is 6.92 Å². The highest BCUT2D eigenvalue weighted by Gasteiger charge is 2.28. The lowest BCUT2D eigenvalue weighted by Crippen LogP contribution is -2.47. The Labute approximate surface area is 82.9 Å². The first kappa shape index (κ1) is 13.2. The highest BCUT2D eigenvalue weighted by Crippen LogP contribution is 2.12. The molecule has 0 unspecified atom stereocenters. The van der Waals surface area contributed by atoms with Crippen LogP contribution in [0.5, 0.6) is 0 Å². The van der Waals surface area contributed by atoms with Gasteiger partial charge in [-0.25, -0.2) is 4.79 Å². The number of aliphatic hydroxyl groups is 3. The molecule has 0 rings (SSSR count). The molecule has 0 atom stereocenters. The van der Waals surface area contributed by atoms with Crippen molar-refractivity contribution in [3.8, 4) is 0 Å². The molecule has 0 saturated carbocycles. The number of nitrogens with one attached hydrogen (secondary N) is 2. The van der Waals surface area contributed by atoms with Gasteiger partial charge in [0, 0.05) is 13.1 Å². The molecule has 0 fully saturated rings. The van der Waals surface area contributed by atoms with Crippen LogP contribution in [0.15, 0.2) is 0 Å². The number of aliphatic hydroxyl groups excluding tert-OH is 3. The van der Waals surface area contributed by atoms with Gasteiger partial charge in [0.1, 0.15) is 0 Å². The molecule has 2 amide bonds. The Bertz CT molecular complexity index is 162. The van der Waals surface area contributed by atoms with Gasteiger partial charge in [0.05, 0.1) is 25.2 Å². The zero-order valence-corrected chi connectivity index (χ0v) is 8.29. The van der Waals surface area contributed by atoms with Crippen molar-refractivity contribution in [1.29, 1.82) is 0 Å². The van der Waals surface area contributed by atoms with Crippen LogP contribution in [0.2, 0.25) is 0 Å². The zero-order valence-electron chi connectivity index (χ0n) is 8.29. The molecule has 0 radical (unpaired) electrons. The maximum atomic E-state index is 11.0. The van der Waals surface area contributed by atoms with Crippen LogP contribution in [0.4, 0.5) is 4.79 Å². The highest BCUT2D eigenvalue weighted by molar-refractivity contribution is 5.73. The molecule has 6 heteroatoms. The topological polar surface area (TPSA) is 102 Å². The molecule has 0 aliphatic heterocycles. The van der Waals surface area contributed by atoms with E-state index in [0.717, 1.165) is 0 Å². The van der Waals surface area contributed by atoms with Gasteiger partial charge in [0.15, 0.2) is 0 Å². The maximum absolute atomic E-state index is 11.0. The van der Waals surface area contributed by atoms with E-state index >= 15 is 0 Å². The number of carbonyl (C=O) groups excluding carboxylic acids is 1. The molecule has 0 spiro atoms. The van der Waals surface area contributed by atoms with Crippen molar-refractivity contribution in [2.45, 2.75) is 6.92 Å². The molecule has 0 aromatic rings. The van der Waals surface area contributed by atoms with E-state index in [4.69, 9.17) is 15.3 Å². The van der Waals surface area contributed by atoms with Gasteiger partial charge in [-0.3, -0.25) is 0 Å². The molecular formula is C8H18N2O4. The van der Waals surface area contributed by atoms with E-state index in [1.165, 1.54) is 0 Å². The lowest BCUT2D eigenvalue weighted by Gasteiger charge is -2.27. The predicted molar refractivity (Wildman–Crippen MR) is 50.8 cm³/mol. The molecule has 0 heterocycles. The minimum Gasteiger partial charge on any atom is -0.396 e. The molecule has 0 aromatic heterocycles. The number of hydrogen-bond acceptors (Lipinski definition) is 4. The zero-order chi connectivity index (χ0) is 11.0. The van der Waals surface area contributed by atoms with E-state index in [0.29, 0.717) is 6.54 Å². The Morgan fingerprint density at radius 2 is 1.64 bits per heavy atom. The van der Waals surface area contributed by atoms with Crippen molar-refractivity contribution in [2.24, 2.45) is 5.41 Å². The second kappa shape index (κ2) is 6.58. The Hall–Kier alpha value is -0.850. The molecule has 0 aliphatic carbocycles. The highest BCUT2D eigenvalue weighted by atomic mass is 16.3. The molecular weight excluding hydrogens is 188 g/mol. The number of rotatable bonds is 6. The van der Waals surface area contributed by atoms with Crippen molar-refractivity contribution in [2.75, 3.05) is 32.9 Å². The first-order chi connectivity index (χ1) is 6.64.